The standard InChI is InChI=1S/Al.Mg.Si.Zn.2H/q;+2;;;2*-1. The molecule has 0 nitrogen and oxygen atoms in total. The summed E-state index contributed by atoms with van der Waals surface area (Å²) in [4.78, 5) is 0. The van der Waals surface area contributed by atoms with Crippen molar-refractivity contribution in [2.45, 2.75) is 0 Å². The summed E-state index contributed by atoms with van der Waals surface area (Å²) >= 11 is 0. The maximum absolute atomic E-state index is 0. The van der Waals surface area contributed by atoms with Crippen molar-refractivity contribution in [3.05, 3.63) is 0 Å². The molecule has 0 atom stereocenters. The van der Waals surface area contributed by atoms with Crippen LogP contribution in [0.3, 0.4) is 0 Å². The molecule has 0 spiro atoms. The van der Waals surface area contributed by atoms with E-state index in [4.69, 9.17) is 0 Å². The van der Waals surface area contributed by atoms with E-state index in [1.807, 2.05) is 0 Å². The van der Waals surface area contributed by atoms with Crippen LogP contribution >= 0.6 is 0 Å². The summed E-state index contributed by atoms with van der Waals surface area (Å²) in [5.41, 5.74) is 0. The Morgan fingerprint density at radius 2 is 1.25 bits per heavy atom. The third-order valence-electron chi connectivity index (χ3n) is 0. The monoisotopic (exact) mass is 145 g/mol. The second-order valence-corrected chi connectivity index (χ2v) is 0. The minimum Gasteiger partial charge on any atom is -1.00 e. The maximum Gasteiger partial charge on any atom is 2.00 e. The molecule has 0 aromatic heterocycles. The molecule has 0 heterocycles. The van der Waals surface area contributed by atoms with E-state index in [0.717, 1.165) is 0 Å². The molecule has 0 unspecified atom stereocenters. The van der Waals surface area contributed by atoms with E-state index in [9.17, 15) is 0 Å². The summed E-state index contributed by atoms with van der Waals surface area (Å²) in [6.45, 7) is 0. The Morgan fingerprint density at radius 3 is 1.25 bits per heavy atom. The SMILES string of the molecule is [Al].[H-].[H-].[Mg+2].[Si].[Zn]. The molecule has 4 heavy (non-hydrogen) atoms. The second-order valence-electron chi connectivity index (χ2n) is 0. The van der Waals surface area contributed by atoms with Gasteiger partial charge in [0.25, 0.3) is 0 Å². The first-order valence-corrected chi connectivity index (χ1v) is 0. The van der Waals surface area contributed by atoms with Crippen LogP contribution in [0.5, 0.6) is 0 Å². The minimum absolute atomic E-state index is 0. The molecule has 0 aromatic carbocycles. The van der Waals surface area contributed by atoms with Crippen LogP contribution in [-0.4, -0.2) is 51.4 Å². The summed E-state index contributed by atoms with van der Waals surface area (Å²) in [5, 5.41) is 0. The van der Waals surface area contributed by atoms with Gasteiger partial charge in [0, 0.05) is 47.8 Å². The van der Waals surface area contributed by atoms with Gasteiger partial charge in [-0.1, -0.05) is 0 Å². The number of hydrogen-bond donors (Lipinski definition) is 0. The average Bonchev–Trinajstić information content (AvgIpc) is 0. The van der Waals surface area contributed by atoms with E-state index in [1.165, 1.54) is 0 Å². The van der Waals surface area contributed by atoms with E-state index in [0.29, 0.717) is 0 Å². The fourth-order valence-electron chi connectivity index (χ4n) is 0. The van der Waals surface area contributed by atoms with E-state index in [-0.39, 0.29) is 73.7 Å². The van der Waals surface area contributed by atoms with E-state index in [2.05, 4.69) is 0 Å². The molecular weight excluding hydrogens is 145 g/mol. The zero-order chi connectivity index (χ0) is 0. The first kappa shape index (κ1) is 35.4. The van der Waals surface area contributed by atoms with Gasteiger partial charge < -0.3 is 2.85 Å². The third kappa shape index (κ3) is 8.91. The zero-order valence-corrected chi connectivity index (χ0v) is 9.03. The van der Waals surface area contributed by atoms with Gasteiger partial charge in [-0.2, -0.15) is 0 Å². The summed E-state index contributed by atoms with van der Waals surface area (Å²) < 4.78 is 0. The number of rotatable bonds is 0. The van der Waals surface area contributed by atoms with E-state index >= 15 is 0 Å². The fraction of sp³-hybridized carbons (Fsp3) is 0. The van der Waals surface area contributed by atoms with Crippen LogP contribution in [0, 0.1) is 0 Å². The van der Waals surface area contributed by atoms with Gasteiger partial charge in [0.1, 0.15) is 0 Å². The summed E-state index contributed by atoms with van der Waals surface area (Å²) in [6.07, 6.45) is 0. The molecule has 0 saturated heterocycles. The topological polar surface area (TPSA) is 0 Å². The molecule has 7 radical (unpaired) electrons. The molecule has 0 aromatic rings. The molecule has 0 aliphatic carbocycles. The van der Waals surface area contributed by atoms with E-state index < -0.39 is 0 Å². The van der Waals surface area contributed by atoms with Crippen molar-refractivity contribution in [2.24, 2.45) is 0 Å². The van der Waals surface area contributed by atoms with Gasteiger partial charge in [0.05, 0.1) is 0 Å². The third-order valence-corrected chi connectivity index (χ3v) is 0. The molecule has 0 amide bonds. The van der Waals surface area contributed by atoms with Crippen LogP contribution in [0.25, 0.3) is 0 Å². The van der Waals surface area contributed by atoms with Crippen molar-refractivity contribution < 1.29 is 22.3 Å². The van der Waals surface area contributed by atoms with Crippen molar-refractivity contribution in [2.75, 3.05) is 0 Å². The molecule has 0 bridgehead atoms. The maximum atomic E-state index is 0. The Kier molecular flexibility index (Phi) is 170. The van der Waals surface area contributed by atoms with Crippen molar-refractivity contribution in [3.63, 3.8) is 0 Å². The van der Waals surface area contributed by atoms with Crippen molar-refractivity contribution in [1.82, 2.24) is 0 Å². The molecule has 0 N–H and O–H groups in total. The van der Waals surface area contributed by atoms with Gasteiger partial charge in [-0.05, 0) is 0 Å². The van der Waals surface area contributed by atoms with Gasteiger partial charge in [-0.15, -0.1) is 0 Å². The Hall–Kier alpha value is 2.14. The van der Waals surface area contributed by atoms with Crippen molar-refractivity contribution in [3.8, 4) is 0 Å². The fourth-order valence-corrected chi connectivity index (χ4v) is 0. The van der Waals surface area contributed by atoms with Gasteiger partial charge >= 0.3 is 23.1 Å². The zero-order valence-electron chi connectivity index (χ0n) is 4.49. The molecule has 13 valence electrons. The quantitative estimate of drug-likeness (QED) is 0.388. The molecule has 0 aliphatic heterocycles. The summed E-state index contributed by atoms with van der Waals surface area (Å²) in [6, 6.07) is 0. The van der Waals surface area contributed by atoms with Crippen molar-refractivity contribution in [1.29, 1.82) is 0 Å². The molecule has 4 heteroatoms. The van der Waals surface area contributed by atoms with Gasteiger partial charge in [-0.25, -0.2) is 0 Å². The van der Waals surface area contributed by atoms with Crippen molar-refractivity contribution >= 4 is 51.4 Å². The Balaban J connectivity index is 0. The van der Waals surface area contributed by atoms with Crippen LogP contribution in [0.4, 0.5) is 0 Å². The molecular formula is H2AlMgSiZn. The Morgan fingerprint density at radius 1 is 1.25 bits per heavy atom. The van der Waals surface area contributed by atoms with Crippen LogP contribution in [-0.2, 0) is 19.5 Å². The predicted molar refractivity (Wildman–Crippen MR) is 19.5 cm³/mol. The van der Waals surface area contributed by atoms with E-state index in [1.54, 1.807) is 0 Å². The Bertz CT molecular complexity index is 13.5. The average molecular weight is 147 g/mol. The summed E-state index contributed by atoms with van der Waals surface area (Å²) in [7, 11) is 0. The normalized spacial score (nSPS) is 0. The van der Waals surface area contributed by atoms with Gasteiger partial charge in [-0.3, -0.25) is 0 Å². The molecule has 0 aliphatic rings. The summed E-state index contributed by atoms with van der Waals surface area (Å²) in [5.74, 6) is 0. The molecule has 0 fully saturated rings. The smallest absolute Gasteiger partial charge is 1.00 e. The van der Waals surface area contributed by atoms with Gasteiger partial charge in [0.2, 0.25) is 0 Å². The Labute approximate surface area is 73.1 Å². The molecule has 0 rings (SSSR count). The largest absolute Gasteiger partial charge is 2.00 e. The van der Waals surface area contributed by atoms with Crippen LogP contribution in [0.2, 0.25) is 0 Å². The van der Waals surface area contributed by atoms with Crippen LogP contribution < -0.4 is 0 Å². The second kappa shape index (κ2) is 19.2. The van der Waals surface area contributed by atoms with Gasteiger partial charge in [0.15, 0.2) is 0 Å². The molecule has 0 saturated carbocycles. The predicted octanol–water partition coefficient (Wildman–Crippen LogP) is -0.920. The first-order valence-electron chi connectivity index (χ1n) is 0. The van der Waals surface area contributed by atoms with Crippen LogP contribution in [0.15, 0.2) is 0 Å². The number of hydrogen-bond acceptors (Lipinski definition) is 0. The van der Waals surface area contributed by atoms with Crippen LogP contribution in [0.1, 0.15) is 2.85 Å². The first-order chi connectivity index (χ1) is 0. The minimum atomic E-state index is 0.